The molecule has 3 aromatic heterocycles. The predicted molar refractivity (Wildman–Crippen MR) is 128 cm³/mol. The molecule has 0 atom stereocenters. The molecule has 0 aliphatic carbocycles. The van der Waals surface area contributed by atoms with Gasteiger partial charge in [-0.3, -0.25) is 4.98 Å². The zero-order valence-electron chi connectivity index (χ0n) is 19.6. The fourth-order valence-corrected chi connectivity index (χ4v) is 3.28. The second-order valence-electron chi connectivity index (χ2n) is 7.12. The van der Waals surface area contributed by atoms with Crippen LogP contribution in [-0.2, 0) is 12.8 Å². The SMILES string of the molecule is CC.COc1cc(OCc2ccc(C(F)(F)F)cn2)ccc1-c1nc(-c2ccc(Cl)nc2)[nH]c1C. The molecule has 0 amide bonds. The van der Waals surface area contributed by atoms with Crippen molar-refractivity contribution in [3.8, 4) is 34.1 Å². The van der Waals surface area contributed by atoms with Crippen molar-refractivity contribution >= 4 is 11.6 Å². The molecule has 1 N–H and O–H groups in total. The maximum atomic E-state index is 12.7. The zero-order chi connectivity index (χ0) is 25.6. The average Bonchev–Trinajstić information content (AvgIpc) is 3.25. The third kappa shape index (κ3) is 6.30. The van der Waals surface area contributed by atoms with Crippen molar-refractivity contribution < 1.29 is 22.6 Å². The number of H-pyrrole nitrogens is 1. The molecule has 4 rings (SSSR count). The van der Waals surface area contributed by atoms with Crippen LogP contribution in [0.15, 0.2) is 54.9 Å². The second-order valence-corrected chi connectivity index (χ2v) is 7.50. The van der Waals surface area contributed by atoms with Crippen molar-refractivity contribution in [3.63, 3.8) is 0 Å². The van der Waals surface area contributed by atoms with Gasteiger partial charge in [0.2, 0.25) is 0 Å². The van der Waals surface area contributed by atoms with Crippen LogP contribution in [0.4, 0.5) is 13.2 Å². The van der Waals surface area contributed by atoms with Gasteiger partial charge in [-0.05, 0) is 43.3 Å². The molecule has 6 nitrogen and oxygen atoms in total. The Morgan fingerprint density at radius 3 is 2.37 bits per heavy atom. The zero-order valence-corrected chi connectivity index (χ0v) is 20.3. The maximum absolute atomic E-state index is 12.7. The number of aromatic amines is 1. The highest BCUT2D eigenvalue weighted by Gasteiger charge is 2.30. The maximum Gasteiger partial charge on any atom is 0.417 e. The van der Waals surface area contributed by atoms with Gasteiger partial charge < -0.3 is 14.5 Å². The standard InChI is InChI=1S/C23H18ClF3N4O2.C2H6/c1-13-21(31-22(30-13)14-3-8-20(24)29-10-14)18-7-6-17(9-19(18)32-2)33-12-16-5-4-15(11-28-16)23(25,26)27;1-2/h3-11H,12H2,1-2H3,(H,30,31);1-2H3. The van der Waals surface area contributed by atoms with Crippen molar-refractivity contribution in [2.45, 2.75) is 33.6 Å². The molecule has 0 fully saturated rings. The lowest BCUT2D eigenvalue weighted by Crippen LogP contribution is -2.06. The molecule has 0 aliphatic heterocycles. The number of hydrogen-bond donors (Lipinski definition) is 1. The molecule has 184 valence electrons. The van der Waals surface area contributed by atoms with Crippen LogP contribution in [0, 0.1) is 6.92 Å². The van der Waals surface area contributed by atoms with Gasteiger partial charge in [0.25, 0.3) is 0 Å². The van der Waals surface area contributed by atoms with E-state index in [0.29, 0.717) is 33.9 Å². The summed E-state index contributed by atoms with van der Waals surface area (Å²) >= 11 is 5.86. The van der Waals surface area contributed by atoms with Crippen LogP contribution in [0.3, 0.4) is 0 Å². The Morgan fingerprint density at radius 1 is 1.00 bits per heavy atom. The molecule has 10 heteroatoms. The van der Waals surface area contributed by atoms with E-state index in [-0.39, 0.29) is 6.61 Å². The summed E-state index contributed by atoms with van der Waals surface area (Å²) in [5, 5.41) is 0.394. The van der Waals surface area contributed by atoms with E-state index in [0.717, 1.165) is 29.1 Å². The van der Waals surface area contributed by atoms with E-state index in [1.54, 1.807) is 30.5 Å². The molecule has 0 spiro atoms. The number of benzene rings is 1. The fraction of sp³-hybridized carbons (Fsp3) is 0.240. The number of nitrogens with one attached hydrogen (secondary N) is 1. The average molecular weight is 505 g/mol. The summed E-state index contributed by atoms with van der Waals surface area (Å²) in [6.07, 6.45) is -2.01. The first-order valence-corrected chi connectivity index (χ1v) is 11.1. The van der Waals surface area contributed by atoms with Crippen LogP contribution in [0.2, 0.25) is 5.15 Å². The van der Waals surface area contributed by atoms with Crippen LogP contribution in [0.1, 0.15) is 30.8 Å². The van der Waals surface area contributed by atoms with Crippen LogP contribution < -0.4 is 9.47 Å². The Hall–Kier alpha value is -3.59. The third-order valence-electron chi connectivity index (χ3n) is 4.85. The Balaban J connectivity index is 0.00000167. The number of ether oxygens (including phenoxy) is 2. The van der Waals surface area contributed by atoms with Crippen LogP contribution in [0.5, 0.6) is 11.5 Å². The molecule has 0 saturated heterocycles. The van der Waals surface area contributed by atoms with Gasteiger partial charge in [-0.1, -0.05) is 25.4 Å². The fourth-order valence-electron chi connectivity index (χ4n) is 3.17. The molecule has 0 saturated carbocycles. The molecular weight excluding hydrogens is 481 g/mol. The summed E-state index contributed by atoms with van der Waals surface area (Å²) in [6.45, 7) is 5.91. The smallest absolute Gasteiger partial charge is 0.417 e. The van der Waals surface area contributed by atoms with E-state index < -0.39 is 11.7 Å². The van der Waals surface area contributed by atoms with Crippen molar-refractivity contribution in [1.29, 1.82) is 0 Å². The lowest BCUT2D eigenvalue weighted by molar-refractivity contribution is -0.137. The first-order valence-electron chi connectivity index (χ1n) is 10.8. The van der Waals surface area contributed by atoms with E-state index in [9.17, 15) is 13.2 Å². The minimum Gasteiger partial charge on any atom is -0.496 e. The number of imidazole rings is 1. The summed E-state index contributed by atoms with van der Waals surface area (Å²) in [7, 11) is 1.53. The minimum atomic E-state index is -4.43. The second kappa shape index (κ2) is 11.2. The third-order valence-corrected chi connectivity index (χ3v) is 5.08. The summed E-state index contributed by atoms with van der Waals surface area (Å²) in [5.41, 5.74) is 2.64. The van der Waals surface area contributed by atoms with Crippen LogP contribution >= 0.6 is 11.6 Å². The van der Waals surface area contributed by atoms with Gasteiger partial charge in [-0.25, -0.2) is 9.97 Å². The van der Waals surface area contributed by atoms with Gasteiger partial charge in [0.15, 0.2) is 0 Å². The van der Waals surface area contributed by atoms with Crippen molar-refractivity contribution in [1.82, 2.24) is 19.9 Å². The first kappa shape index (κ1) is 26.0. The Labute approximate surface area is 206 Å². The summed E-state index contributed by atoms with van der Waals surface area (Å²) in [5.74, 6) is 1.65. The van der Waals surface area contributed by atoms with Crippen molar-refractivity contribution in [2.24, 2.45) is 0 Å². The summed E-state index contributed by atoms with van der Waals surface area (Å²) < 4.78 is 49.2. The van der Waals surface area contributed by atoms with E-state index in [2.05, 4.69) is 19.9 Å². The van der Waals surface area contributed by atoms with E-state index in [4.69, 9.17) is 21.1 Å². The Bertz CT molecular complexity index is 1260. The molecule has 0 aliphatic rings. The van der Waals surface area contributed by atoms with Gasteiger partial charge in [0, 0.05) is 35.3 Å². The van der Waals surface area contributed by atoms with Gasteiger partial charge in [0.1, 0.15) is 29.1 Å². The van der Waals surface area contributed by atoms with Crippen LogP contribution in [-0.4, -0.2) is 27.0 Å². The van der Waals surface area contributed by atoms with E-state index >= 15 is 0 Å². The molecule has 1 aromatic carbocycles. The molecule has 0 bridgehead atoms. The minimum absolute atomic E-state index is 0.00971. The van der Waals surface area contributed by atoms with Gasteiger partial charge in [0.05, 0.1) is 24.1 Å². The monoisotopic (exact) mass is 504 g/mol. The van der Waals surface area contributed by atoms with Crippen LogP contribution in [0.25, 0.3) is 22.6 Å². The number of aryl methyl sites for hydroxylation is 1. The quantitative estimate of drug-likeness (QED) is 0.283. The summed E-state index contributed by atoms with van der Waals surface area (Å²) in [6, 6.07) is 11.0. The lowest BCUT2D eigenvalue weighted by Gasteiger charge is -2.12. The normalized spacial score (nSPS) is 11.0. The molecule has 4 aromatic rings. The van der Waals surface area contributed by atoms with E-state index in [1.807, 2.05) is 26.8 Å². The predicted octanol–water partition coefficient (Wildman–Crippen LogP) is 7.13. The Morgan fingerprint density at radius 2 is 1.77 bits per heavy atom. The van der Waals surface area contributed by atoms with Gasteiger partial charge in [-0.2, -0.15) is 13.2 Å². The molecule has 0 unspecified atom stereocenters. The van der Waals surface area contributed by atoms with E-state index in [1.165, 1.54) is 13.2 Å². The molecular formula is C25H24ClF3N4O2. The molecule has 3 heterocycles. The highest BCUT2D eigenvalue weighted by molar-refractivity contribution is 6.29. The van der Waals surface area contributed by atoms with Crippen molar-refractivity contribution in [2.75, 3.05) is 7.11 Å². The molecule has 0 radical (unpaired) electrons. The number of methoxy groups -OCH3 is 1. The largest absolute Gasteiger partial charge is 0.496 e. The Kier molecular flexibility index (Phi) is 8.34. The lowest BCUT2D eigenvalue weighted by atomic mass is 10.1. The number of hydrogen-bond acceptors (Lipinski definition) is 5. The highest BCUT2D eigenvalue weighted by atomic mass is 35.5. The summed E-state index contributed by atoms with van der Waals surface area (Å²) in [4.78, 5) is 15.8. The first-order chi connectivity index (χ1) is 16.7. The number of pyridine rings is 2. The number of nitrogens with zero attached hydrogens (tertiary/aromatic N) is 3. The number of alkyl halides is 3. The van der Waals surface area contributed by atoms with Crippen molar-refractivity contribution in [3.05, 3.63) is 77.0 Å². The van der Waals surface area contributed by atoms with Gasteiger partial charge in [-0.15, -0.1) is 0 Å². The topological polar surface area (TPSA) is 72.9 Å². The number of rotatable bonds is 6. The van der Waals surface area contributed by atoms with Gasteiger partial charge >= 0.3 is 6.18 Å². The highest BCUT2D eigenvalue weighted by Crippen LogP contribution is 2.35. The molecule has 35 heavy (non-hydrogen) atoms. The number of halogens is 4. The number of aromatic nitrogens is 4.